The van der Waals surface area contributed by atoms with E-state index in [-0.39, 0.29) is 30.0 Å². The lowest BCUT2D eigenvalue weighted by molar-refractivity contribution is -0.147. The molecule has 2 amide bonds. The highest BCUT2D eigenvalue weighted by Crippen LogP contribution is 2.29. The Bertz CT molecular complexity index is 589. The molecule has 0 aromatic carbocycles. The van der Waals surface area contributed by atoms with Crippen molar-refractivity contribution in [3.63, 3.8) is 0 Å². The molecule has 138 valence electrons. The molecule has 1 aromatic rings. The van der Waals surface area contributed by atoms with E-state index in [2.05, 4.69) is 21.8 Å². The van der Waals surface area contributed by atoms with Crippen LogP contribution in [0, 0.1) is 11.8 Å². The van der Waals surface area contributed by atoms with Crippen molar-refractivity contribution >= 4 is 12.0 Å². The molecule has 0 bridgehead atoms. The molecule has 3 rings (SSSR count). The lowest BCUT2D eigenvalue weighted by atomic mass is 9.93. The Morgan fingerprint density at radius 1 is 1.32 bits per heavy atom. The van der Waals surface area contributed by atoms with E-state index in [1.54, 1.807) is 6.20 Å². The van der Waals surface area contributed by atoms with Crippen LogP contribution in [0.15, 0.2) is 18.7 Å². The van der Waals surface area contributed by atoms with Gasteiger partial charge in [0.1, 0.15) is 0 Å². The fourth-order valence-electron chi connectivity index (χ4n) is 3.94. The van der Waals surface area contributed by atoms with Crippen molar-refractivity contribution in [2.75, 3.05) is 19.7 Å². The maximum Gasteiger partial charge on any atom is 0.317 e. The number of likely N-dealkylation sites (tertiary alicyclic amines) is 1. The first-order chi connectivity index (χ1) is 12.1. The molecule has 7 heteroatoms. The van der Waals surface area contributed by atoms with Crippen LogP contribution in [0.2, 0.25) is 0 Å². The molecular formula is C18H28N4O3. The summed E-state index contributed by atoms with van der Waals surface area (Å²) in [5.41, 5.74) is 0. The highest BCUT2D eigenvalue weighted by molar-refractivity contribution is 5.76. The standard InChI is InChI=1S/C18H28N4O3/c1-3-25-17(23)14-4-5-15(10-14)20-18(24)21-8-6-13(2)16(11-21)22-9-7-19-12-22/h7,9,12-16H,3-6,8,10-11H2,1-2H3,(H,20,24)/t13-,14+,15-,16-/m0/s1. The normalized spacial score (nSPS) is 29.4. The molecule has 7 nitrogen and oxygen atoms in total. The van der Waals surface area contributed by atoms with Crippen LogP contribution in [0.3, 0.4) is 0 Å². The summed E-state index contributed by atoms with van der Waals surface area (Å²) in [4.78, 5) is 30.5. The summed E-state index contributed by atoms with van der Waals surface area (Å²) in [5, 5.41) is 3.11. The Balaban J connectivity index is 1.52. The third kappa shape index (κ3) is 4.14. The molecule has 1 N–H and O–H groups in total. The Kier molecular flexibility index (Phi) is 5.60. The summed E-state index contributed by atoms with van der Waals surface area (Å²) in [6.07, 6.45) is 8.85. The van der Waals surface area contributed by atoms with Gasteiger partial charge in [-0.3, -0.25) is 4.79 Å². The Hall–Kier alpha value is -2.05. The lowest BCUT2D eigenvalue weighted by Crippen LogP contribution is -2.50. The second-order valence-electron chi connectivity index (χ2n) is 7.20. The second kappa shape index (κ2) is 7.89. The molecule has 1 aromatic heterocycles. The van der Waals surface area contributed by atoms with Crippen LogP contribution in [-0.2, 0) is 9.53 Å². The highest BCUT2D eigenvalue weighted by atomic mass is 16.5. The van der Waals surface area contributed by atoms with Gasteiger partial charge in [-0.1, -0.05) is 6.92 Å². The van der Waals surface area contributed by atoms with Crippen molar-refractivity contribution in [1.29, 1.82) is 0 Å². The van der Waals surface area contributed by atoms with Gasteiger partial charge in [0.25, 0.3) is 0 Å². The molecule has 2 fully saturated rings. The SMILES string of the molecule is CCOC(=O)[C@@H]1CC[C@H](NC(=O)N2CC[C@H](C)[C@@H](n3ccnc3)C2)C1. The Morgan fingerprint density at radius 3 is 2.88 bits per heavy atom. The van der Waals surface area contributed by atoms with Gasteiger partial charge in [0, 0.05) is 31.5 Å². The quantitative estimate of drug-likeness (QED) is 0.847. The van der Waals surface area contributed by atoms with Crippen molar-refractivity contribution in [3.05, 3.63) is 18.7 Å². The number of carbonyl (C=O) groups is 2. The first-order valence-electron chi connectivity index (χ1n) is 9.28. The van der Waals surface area contributed by atoms with Crippen LogP contribution in [0.5, 0.6) is 0 Å². The number of hydrogen-bond acceptors (Lipinski definition) is 4. The predicted octanol–water partition coefficient (Wildman–Crippen LogP) is 2.21. The minimum absolute atomic E-state index is 0.0217. The zero-order chi connectivity index (χ0) is 17.8. The molecule has 2 heterocycles. The van der Waals surface area contributed by atoms with Crippen LogP contribution in [-0.4, -0.2) is 52.2 Å². The summed E-state index contributed by atoms with van der Waals surface area (Å²) in [6.45, 7) is 5.92. The maximum absolute atomic E-state index is 12.7. The average molecular weight is 348 g/mol. The molecule has 25 heavy (non-hydrogen) atoms. The van der Waals surface area contributed by atoms with E-state index in [0.717, 1.165) is 25.8 Å². The van der Waals surface area contributed by atoms with Crippen molar-refractivity contribution in [2.24, 2.45) is 11.8 Å². The van der Waals surface area contributed by atoms with Gasteiger partial charge in [-0.05, 0) is 38.5 Å². The van der Waals surface area contributed by atoms with Gasteiger partial charge in [0.2, 0.25) is 0 Å². The van der Waals surface area contributed by atoms with Crippen molar-refractivity contribution < 1.29 is 14.3 Å². The van der Waals surface area contributed by atoms with Gasteiger partial charge in [-0.25, -0.2) is 9.78 Å². The number of aromatic nitrogens is 2. The molecular weight excluding hydrogens is 320 g/mol. The van der Waals surface area contributed by atoms with Crippen molar-refractivity contribution in [3.8, 4) is 0 Å². The second-order valence-corrected chi connectivity index (χ2v) is 7.20. The van der Waals surface area contributed by atoms with E-state index in [1.807, 2.05) is 24.3 Å². The zero-order valence-corrected chi connectivity index (χ0v) is 15.1. The number of amides is 2. The number of hydrogen-bond donors (Lipinski definition) is 1. The van der Waals surface area contributed by atoms with Crippen molar-refractivity contribution in [2.45, 2.75) is 51.6 Å². The smallest absolute Gasteiger partial charge is 0.317 e. The largest absolute Gasteiger partial charge is 0.466 e. The molecule has 1 aliphatic carbocycles. The monoisotopic (exact) mass is 348 g/mol. The van der Waals surface area contributed by atoms with Gasteiger partial charge in [-0.2, -0.15) is 0 Å². The summed E-state index contributed by atoms with van der Waals surface area (Å²) < 4.78 is 7.19. The van der Waals surface area contributed by atoms with Crippen LogP contribution in [0.1, 0.15) is 45.6 Å². The first-order valence-corrected chi connectivity index (χ1v) is 9.28. The molecule has 4 atom stereocenters. The van der Waals surface area contributed by atoms with E-state index in [1.165, 1.54) is 0 Å². The maximum atomic E-state index is 12.7. The Morgan fingerprint density at radius 2 is 2.16 bits per heavy atom. The van der Waals surface area contributed by atoms with Gasteiger partial charge in [0.05, 0.1) is 24.9 Å². The number of carbonyl (C=O) groups excluding carboxylic acids is 2. The minimum atomic E-state index is -0.133. The summed E-state index contributed by atoms with van der Waals surface area (Å²) >= 11 is 0. The van der Waals surface area contributed by atoms with Gasteiger partial charge in [0.15, 0.2) is 0 Å². The third-order valence-electron chi connectivity index (χ3n) is 5.49. The first kappa shape index (κ1) is 17.8. The topological polar surface area (TPSA) is 76.5 Å². The third-order valence-corrected chi connectivity index (χ3v) is 5.49. The summed E-state index contributed by atoms with van der Waals surface area (Å²) in [7, 11) is 0. The van der Waals surface area contributed by atoms with E-state index < -0.39 is 0 Å². The number of ether oxygens (including phenoxy) is 1. The fraction of sp³-hybridized carbons (Fsp3) is 0.722. The zero-order valence-electron chi connectivity index (χ0n) is 15.1. The predicted molar refractivity (Wildman–Crippen MR) is 92.9 cm³/mol. The molecule has 0 unspecified atom stereocenters. The van der Waals surface area contributed by atoms with E-state index in [0.29, 0.717) is 25.5 Å². The minimum Gasteiger partial charge on any atom is -0.466 e. The molecule has 1 saturated heterocycles. The number of urea groups is 1. The van der Waals surface area contributed by atoms with Gasteiger partial charge >= 0.3 is 12.0 Å². The average Bonchev–Trinajstić information content (AvgIpc) is 3.27. The van der Waals surface area contributed by atoms with Crippen LogP contribution in [0.4, 0.5) is 4.79 Å². The molecule has 1 saturated carbocycles. The number of rotatable bonds is 4. The van der Waals surface area contributed by atoms with Gasteiger partial charge < -0.3 is 19.5 Å². The number of imidazole rings is 1. The molecule has 2 aliphatic rings. The van der Waals surface area contributed by atoms with Crippen molar-refractivity contribution in [1.82, 2.24) is 19.8 Å². The number of nitrogens with zero attached hydrogens (tertiary/aromatic N) is 3. The highest BCUT2D eigenvalue weighted by Gasteiger charge is 2.34. The number of esters is 1. The summed E-state index contributed by atoms with van der Waals surface area (Å²) in [5.74, 6) is 0.300. The van der Waals surface area contributed by atoms with Crippen LogP contribution in [0.25, 0.3) is 0 Å². The van der Waals surface area contributed by atoms with E-state index in [9.17, 15) is 9.59 Å². The number of nitrogens with one attached hydrogen (secondary N) is 1. The summed E-state index contributed by atoms with van der Waals surface area (Å²) in [6, 6.07) is 0.303. The van der Waals surface area contributed by atoms with Crippen LogP contribution < -0.4 is 5.32 Å². The number of piperidine rings is 1. The molecule has 1 aliphatic heterocycles. The molecule has 0 spiro atoms. The Labute approximate surface area is 148 Å². The van der Waals surface area contributed by atoms with E-state index in [4.69, 9.17) is 4.74 Å². The molecule has 0 radical (unpaired) electrons. The fourth-order valence-corrected chi connectivity index (χ4v) is 3.94. The van der Waals surface area contributed by atoms with E-state index >= 15 is 0 Å². The van der Waals surface area contributed by atoms with Gasteiger partial charge in [-0.15, -0.1) is 0 Å². The van der Waals surface area contributed by atoms with Crippen LogP contribution >= 0.6 is 0 Å². The lowest BCUT2D eigenvalue weighted by Gasteiger charge is -2.38.